The van der Waals surface area contributed by atoms with Gasteiger partial charge in [0.25, 0.3) is 5.91 Å². The Morgan fingerprint density at radius 1 is 1.07 bits per heavy atom. The van der Waals surface area contributed by atoms with E-state index in [9.17, 15) is 4.79 Å². The summed E-state index contributed by atoms with van der Waals surface area (Å²) in [5.74, 6) is 1.97. The van der Waals surface area contributed by atoms with E-state index in [2.05, 4.69) is 10.3 Å². The van der Waals surface area contributed by atoms with Crippen LogP contribution in [0.4, 0.5) is 0 Å². The summed E-state index contributed by atoms with van der Waals surface area (Å²) < 4.78 is 11.0. The number of hydrogen-bond acceptors (Lipinski definition) is 5. The third-order valence-electron chi connectivity index (χ3n) is 4.17. The van der Waals surface area contributed by atoms with Crippen molar-refractivity contribution in [1.29, 1.82) is 0 Å². The lowest BCUT2D eigenvalue weighted by Gasteiger charge is -2.00. The van der Waals surface area contributed by atoms with Crippen LogP contribution in [-0.4, -0.2) is 18.2 Å². The summed E-state index contributed by atoms with van der Waals surface area (Å²) in [6.45, 7) is 0.527. The third kappa shape index (κ3) is 4.18. The molecule has 0 unspecified atom stereocenters. The van der Waals surface area contributed by atoms with Crippen LogP contribution in [0.15, 0.2) is 81.0 Å². The van der Waals surface area contributed by atoms with Gasteiger partial charge in [-0.25, -0.2) is 0 Å². The monoisotopic (exact) mass is 390 g/mol. The average molecular weight is 390 g/mol. The van der Waals surface area contributed by atoms with Gasteiger partial charge < -0.3 is 14.5 Å². The van der Waals surface area contributed by atoms with Crippen LogP contribution in [0.2, 0.25) is 0 Å². The summed E-state index contributed by atoms with van der Waals surface area (Å²) in [6, 6.07) is 21.3. The predicted molar refractivity (Wildman–Crippen MR) is 112 cm³/mol. The number of carbonyl (C=O) groups excluding carboxylic acids is 1. The maximum absolute atomic E-state index is 12.2. The van der Waals surface area contributed by atoms with Gasteiger partial charge in [0.15, 0.2) is 5.17 Å². The first-order chi connectivity index (χ1) is 13.7. The van der Waals surface area contributed by atoms with Gasteiger partial charge >= 0.3 is 0 Å². The van der Waals surface area contributed by atoms with Crippen molar-refractivity contribution >= 4 is 28.9 Å². The molecular weight excluding hydrogens is 372 g/mol. The Labute approximate surface area is 167 Å². The van der Waals surface area contributed by atoms with Crippen LogP contribution in [0.3, 0.4) is 0 Å². The Hall–Kier alpha value is -3.25. The molecule has 4 rings (SSSR count). The second-order valence-electron chi connectivity index (χ2n) is 6.10. The van der Waals surface area contributed by atoms with Crippen molar-refractivity contribution in [1.82, 2.24) is 5.32 Å². The summed E-state index contributed by atoms with van der Waals surface area (Å²) in [5, 5.41) is 3.39. The Kier molecular flexibility index (Phi) is 5.30. The van der Waals surface area contributed by atoms with Gasteiger partial charge in [-0.1, -0.05) is 30.3 Å². The third-order valence-corrected chi connectivity index (χ3v) is 5.12. The molecule has 1 saturated heterocycles. The predicted octanol–water partition coefficient (Wildman–Crippen LogP) is 4.72. The van der Waals surface area contributed by atoms with Gasteiger partial charge in [-0.05, 0) is 53.7 Å². The number of carbonyl (C=O) groups is 1. The van der Waals surface area contributed by atoms with Gasteiger partial charge in [0.2, 0.25) is 0 Å². The molecule has 140 valence electrons. The van der Waals surface area contributed by atoms with Crippen molar-refractivity contribution in [2.24, 2.45) is 4.99 Å². The molecule has 1 N–H and O–H groups in total. The van der Waals surface area contributed by atoms with Crippen molar-refractivity contribution in [2.45, 2.75) is 6.54 Å². The molecule has 6 heteroatoms. The zero-order chi connectivity index (χ0) is 19.3. The van der Waals surface area contributed by atoms with Gasteiger partial charge in [-0.2, -0.15) is 0 Å². The van der Waals surface area contributed by atoms with E-state index >= 15 is 0 Å². The molecule has 1 aromatic heterocycles. The number of rotatable bonds is 5. The van der Waals surface area contributed by atoms with Crippen LogP contribution in [0.5, 0.6) is 5.75 Å². The number of furan rings is 1. The standard InChI is InChI=1S/C22H18N2O3S/c1-26-17-9-7-16(8-10-17)19-12-11-18(27-19)13-20-21(25)24-22(28-20)23-14-15-5-3-2-4-6-15/h2-13H,14H2,1H3,(H,23,24,25). The van der Waals surface area contributed by atoms with Crippen molar-refractivity contribution in [3.05, 3.63) is 83.0 Å². The molecule has 0 bridgehead atoms. The molecule has 1 fully saturated rings. The highest BCUT2D eigenvalue weighted by Crippen LogP contribution is 2.29. The lowest BCUT2D eigenvalue weighted by Crippen LogP contribution is -2.19. The summed E-state index contributed by atoms with van der Waals surface area (Å²) in [7, 11) is 1.63. The quantitative estimate of drug-likeness (QED) is 0.641. The van der Waals surface area contributed by atoms with E-state index in [1.807, 2.05) is 66.7 Å². The number of nitrogens with zero attached hydrogens (tertiary/aromatic N) is 1. The van der Waals surface area contributed by atoms with Crippen LogP contribution >= 0.6 is 11.8 Å². The van der Waals surface area contributed by atoms with Crippen LogP contribution in [0.25, 0.3) is 17.4 Å². The SMILES string of the molecule is COc1ccc(-c2ccc(C=C3SC(=NCc4ccccc4)NC3=O)o2)cc1. The number of methoxy groups -OCH3 is 1. The van der Waals surface area contributed by atoms with E-state index in [-0.39, 0.29) is 5.91 Å². The van der Waals surface area contributed by atoms with Gasteiger partial charge in [0.1, 0.15) is 17.3 Å². The highest BCUT2D eigenvalue weighted by Gasteiger charge is 2.24. The first kappa shape index (κ1) is 18.1. The van der Waals surface area contributed by atoms with Gasteiger partial charge in [-0.15, -0.1) is 0 Å². The maximum atomic E-state index is 12.2. The second-order valence-corrected chi connectivity index (χ2v) is 7.13. The maximum Gasteiger partial charge on any atom is 0.264 e. The normalized spacial score (nSPS) is 16.5. The Balaban J connectivity index is 1.47. The highest BCUT2D eigenvalue weighted by atomic mass is 32.2. The minimum atomic E-state index is -0.167. The average Bonchev–Trinajstić information content (AvgIpc) is 3.34. The molecular formula is C22H18N2O3S. The lowest BCUT2D eigenvalue weighted by molar-refractivity contribution is -0.115. The zero-order valence-electron chi connectivity index (χ0n) is 15.2. The fraction of sp³-hybridized carbons (Fsp3) is 0.0909. The summed E-state index contributed by atoms with van der Waals surface area (Å²) in [4.78, 5) is 17.2. The minimum Gasteiger partial charge on any atom is -0.497 e. The number of thioether (sulfide) groups is 1. The van der Waals surface area contributed by atoms with E-state index in [1.165, 1.54) is 11.8 Å². The van der Waals surface area contributed by atoms with Crippen LogP contribution in [0, 0.1) is 0 Å². The van der Waals surface area contributed by atoms with Crippen molar-refractivity contribution in [3.63, 3.8) is 0 Å². The van der Waals surface area contributed by atoms with E-state index in [1.54, 1.807) is 13.2 Å². The molecule has 0 spiro atoms. The number of benzene rings is 2. The topological polar surface area (TPSA) is 63.8 Å². The summed E-state index contributed by atoms with van der Waals surface area (Å²) in [6.07, 6.45) is 1.73. The van der Waals surface area contributed by atoms with E-state index in [0.717, 1.165) is 22.6 Å². The number of aliphatic imine (C=N–C) groups is 1. The molecule has 0 aliphatic carbocycles. The number of amidine groups is 1. The Morgan fingerprint density at radius 2 is 1.86 bits per heavy atom. The fourth-order valence-electron chi connectivity index (χ4n) is 2.72. The molecule has 1 aliphatic heterocycles. The number of amides is 1. The zero-order valence-corrected chi connectivity index (χ0v) is 16.0. The molecule has 2 aromatic carbocycles. The molecule has 3 aromatic rings. The second kappa shape index (κ2) is 8.19. The minimum absolute atomic E-state index is 0.167. The molecule has 1 aliphatic rings. The van der Waals surface area contributed by atoms with Gasteiger partial charge in [0.05, 0.1) is 18.6 Å². The number of nitrogens with one attached hydrogen (secondary N) is 1. The molecule has 0 atom stereocenters. The molecule has 2 heterocycles. The smallest absolute Gasteiger partial charge is 0.264 e. The molecule has 0 saturated carbocycles. The van der Waals surface area contributed by atoms with Gasteiger partial charge in [0, 0.05) is 11.6 Å². The van der Waals surface area contributed by atoms with E-state index in [0.29, 0.717) is 22.4 Å². The first-order valence-corrected chi connectivity index (χ1v) is 9.56. The van der Waals surface area contributed by atoms with E-state index < -0.39 is 0 Å². The van der Waals surface area contributed by atoms with Crippen molar-refractivity contribution in [3.8, 4) is 17.1 Å². The van der Waals surface area contributed by atoms with E-state index in [4.69, 9.17) is 9.15 Å². The van der Waals surface area contributed by atoms with Crippen LogP contribution in [0.1, 0.15) is 11.3 Å². The Bertz CT molecular complexity index is 1040. The van der Waals surface area contributed by atoms with Crippen molar-refractivity contribution in [2.75, 3.05) is 7.11 Å². The van der Waals surface area contributed by atoms with Crippen LogP contribution in [-0.2, 0) is 11.3 Å². The molecule has 28 heavy (non-hydrogen) atoms. The van der Waals surface area contributed by atoms with Gasteiger partial charge in [-0.3, -0.25) is 9.79 Å². The lowest BCUT2D eigenvalue weighted by atomic mass is 10.2. The van der Waals surface area contributed by atoms with Crippen LogP contribution < -0.4 is 10.1 Å². The summed E-state index contributed by atoms with van der Waals surface area (Å²) in [5.41, 5.74) is 2.04. The fourth-order valence-corrected chi connectivity index (χ4v) is 3.52. The molecule has 5 nitrogen and oxygen atoms in total. The number of ether oxygens (including phenoxy) is 1. The molecule has 0 radical (unpaired) electrons. The Morgan fingerprint density at radius 3 is 2.61 bits per heavy atom. The molecule has 1 amide bonds. The highest BCUT2D eigenvalue weighted by molar-refractivity contribution is 8.18. The number of hydrogen-bond donors (Lipinski definition) is 1. The van der Waals surface area contributed by atoms with Crippen molar-refractivity contribution < 1.29 is 13.9 Å². The summed E-state index contributed by atoms with van der Waals surface area (Å²) >= 11 is 1.32. The first-order valence-electron chi connectivity index (χ1n) is 8.75. The largest absolute Gasteiger partial charge is 0.497 e.